The number of carbonyl (C=O) groups excluding carboxylic acids is 3. The van der Waals surface area contributed by atoms with Crippen molar-refractivity contribution < 1.29 is 23.9 Å². The van der Waals surface area contributed by atoms with Crippen LogP contribution in [0.1, 0.15) is 23.2 Å². The van der Waals surface area contributed by atoms with E-state index in [9.17, 15) is 14.4 Å². The van der Waals surface area contributed by atoms with Crippen LogP contribution in [0.25, 0.3) is 0 Å². The molecule has 0 radical (unpaired) electrons. The minimum atomic E-state index is -1.03. The van der Waals surface area contributed by atoms with Crippen LogP contribution < -0.4 is 0 Å². The molecule has 5 nitrogen and oxygen atoms in total. The van der Waals surface area contributed by atoms with Crippen molar-refractivity contribution in [3.05, 3.63) is 35.9 Å². The first-order valence-corrected chi connectivity index (χ1v) is 8.70. The van der Waals surface area contributed by atoms with Gasteiger partial charge in [0, 0.05) is 11.5 Å². The lowest BCUT2D eigenvalue weighted by Crippen LogP contribution is -2.38. The van der Waals surface area contributed by atoms with Crippen molar-refractivity contribution in [3.63, 3.8) is 0 Å². The van der Waals surface area contributed by atoms with E-state index in [-0.39, 0.29) is 35.6 Å². The predicted molar refractivity (Wildman–Crippen MR) is 84.4 cm³/mol. The summed E-state index contributed by atoms with van der Waals surface area (Å²) < 4.78 is 10.8. The number of fused-ring (bicyclic) bond motifs is 1. The minimum absolute atomic E-state index is 0.0358. The zero-order valence-corrected chi connectivity index (χ0v) is 13.6. The third-order valence-corrected chi connectivity index (χ3v) is 5.78. The molecule has 1 saturated heterocycles. The Hall–Kier alpha value is -1.88. The molecule has 2 aliphatic carbocycles. The van der Waals surface area contributed by atoms with Gasteiger partial charge in [0.2, 0.25) is 5.78 Å². The van der Waals surface area contributed by atoms with E-state index in [1.165, 1.54) is 0 Å². The van der Waals surface area contributed by atoms with Crippen LogP contribution in [0.2, 0.25) is 0 Å². The normalized spacial score (nSPS) is 34.0. The number of rotatable bonds is 5. The first-order valence-electron chi connectivity index (χ1n) is 8.16. The molecule has 1 heterocycles. The molecule has 1 aromatic rings. The number of ketones is 1. The highest BCUT2D eigenvalue weighted by Crippen LogP contribution is 2.58. The largest absolute Gasteiger partial charge is 0.462 e. The maximum Gasteiger partial charge on any atom is 0.310 e. The van der Waals surface area contributed by atoms with Gasteiger partial charge in [-0.05, 0) is 18.8 Å². The van der Waals surface area contributed by atoms with E-state index in [2.05, 4.69) is 0 Å². The molecule has 0 amide bonds. The van der Waals surface area contributed by atoms with E-state index in [0.29, 0.717) is 12.0 Å². The van der Waals surface area contributed by atoms with E-state index >= 15 is 0 Å². The summed E-state index contributed by atoms with van der Waals surface area (Å²) in [4.78, 5) is 37.1. The summed E-state index contributed by atoms with van der Waals surface area (Å²) >= 11 is 5.86. The van der Waals surface area contributed by atoms with E-state index in [1.54, 1.807) is 30.3 Å². The van der Waals surface area contributed by atoms with Gasteiger partial charge in [0.05, 0.1) is 17.7 Å². The molecule has 0 N–H and O–H groups in total. The number of hydrogen-bond donors (Lipinski definition) is 0. The maximum absolute atomic E-state index is 12.6. The quantitative estimate of drug-likeness (QED) is 0.463. The molecule has 3 fully saturated rings. The molecular formula is C18H17ClO5. The number of halogens is 1. The van der Waals surface area contributed by atoms with Crippen LogP contribution in [-0.2, 0) is 19.1 Å². The number of esters is 2. The first-order chi connectivity index (χ1) is 11.6. The van der Waals surface area contributed by atoms with Crippen molar-refractivity contribution in [3.8, 4) is 0 Å². The van der Waals surface area contributed by atoms with E-state index < -0.39 is 23.9 Å². The van der Waals surface area contributed by atoms with Gasteiger partial charge in [-0.1, -0.05) is 30.3 Å². The lowest BCUT2D eigenvalue weighted by molar-refractivity contribution is -0.157. The molecule has 0 unspecified atom stereocenters. The van der Waals surface area contributed by atoms with Crippen LogP contribution >= 0.6 is 11.6 Å². The standard InChI is InChI=1S/C18H17ClO5/c19-8-13(16(20)9-4-2-1-3-5-9)24-17(21)14-10-6-11-12(7-10)23-18(22)15(11)14/h1-5,10-15H,6-8H2/t10-,11-,12-,13-,14+,15+/m1/s1. The van der Waals surface area contributed by atoms with Gasteiger partial charge in [-0.25, -0.2) is 0 Å². The van der Waals surface area contributed by atoms with Crippen LogP contribution in [0.15, 0.2) is 30.3 Å². The summed E-state index contributed by atoms with van der Waals surface area (Å²) in [5.41, 5.74) is 0.448. The van der Waals surface area contributed by atoms with Gasteiger partial charge in [0.1, 0.15) is 6.10 Å². The lowest BCUT2D eigenvalue weighted by Gasteiger charge is -2.24. The van der Waals surface area contributed by atoms with Gasteiger partial charge in [-0.15, -0.1) is 11.6 Å². The zero-order valence-electron chi connectivity index (χ0n) is 12.9. The minimum Gasteiger partial charge on any atom is -0.462 e. The van der Waals surface area contributed by atoms with Gasteiger partial charge in [0.25, 0.3) is 0 Å². The molecule has 24 heavy (non-hydrogen) atoms. The molecule has 0 aromatic heterocycles. The van der Waals surface area contributed by atoms with Gasteiger partial charge < -0.3 is 9.47 Å². The Morgan fingerprint density at radius 3 is 2.71 bits per heavy atom. The molecule has 3 aliphatic rings. The summed E-state index contributed by atoms with van der Waals surface area (Å²) in [5.74, 6) is -1.93. The molecule has 2 saturated carbocycles. The van der Waals surface area contributed by atoms with Gasteiger partial charge in [-0.2, -0.15) is 0 Å². The maximum atomic E-state index is 12.6. The molecule has 4 rings (SSSR count). The third-order valence-electron chi connectivity index (χ3n) is 5.50. The lowest BCUT2D eigenvalue weighted by atomic mass is 9.80. The average molecular weight is 349 g/mol. The van der Waals surface area contributed by atoms with Crippen LogP contribution in [-0.4, -0.2) is 35.8 Å². The van der Waals surface area contributed by atoms with E-state index in [4.69, 9.17) is 21.1 Å². The van der Waals surface area contributed by atoms with Crippen molar-refractivity contribution in [2.45, 2.75) is 25.0 Å². The van der Waals surface area contributed by atoms with Crippen molar-refractivity contribution in [2.75, 3.05) is 5.88 Å². The average Bonchev–Trinajstić information content (AvgIpc) is 3.21. The van der Waals surface area contributed by atoms with Gasteiger partial charge in [-0.3, -0.25) is 14.4 Å². The van der Waals surface area contributed by atoms with Crippen molar-refractivity contribution in [1.82, 2.24) is 0 Å². The highest BCUT2D eigenvalue weighted by Gasteiger charge is 2.64. The highest BCUT2D eigenvalue weighted by atomic mass is 35.5. The Bertz CT molecular complexity index is 686. The monoisotopic (exact) mass is 348 g/mol. The fraction of sp³-hybridized carbons (Fsp3) is 0.500. The second-order valence-electron chi connectivity index (χ2n) is 6.73. The topological polar surface area (TPSA) is 69.7 Å². The second-order valence-corrected chi connectivity index (χ2v) is 7.04. The predicted octanol–water partition coefficient (Wildman–Crippen LogP) is 2.22. The molecule has 1 aliphatic heterocycles. The number of benzene rings is 1. The number of Topliss-reactive ketones (excluding diaryl/α,β-unsaturated/α-hetero) is 1. The molecular weight excluding hydrogens is 332 g/mol. The summed E-state index contributed by atoms with van der Waals surface area (Å²) in [6.45, 7) is 0. The fourth-order valence-electron chi connectivity index (χ4n) is 4.49. The van der Waals surface area contributed by atoms with Crippen LogP contribution in [0.3, 0.4) is 0 Å². The smallest absolute Gasteiger partial charge is 0.310 e. The Morgan fingerprint density at radius 1 is 1.25 bits per heavy atom. The van der Waals surface area contributed by atoms with Gasteiger partial charge >= 0.3 is 11.9 Å². The fourth-order valence-corrected chi connectivity index (χ4v) is 4.69. The Kier molecular flexibility index (Phi) is 3.83. The zero-order chi connectivity index (χ0) is 16.8. The molecule has 0 spiro atoms. The Balaban J connectivity index is 1.49. The molecule has 2 bridgehead atoms. The molecule has 126 valence electrons. The summed E-state index contributed by atoms with van der Waals surface area (Å²) in [7, 11) is 0. The first kappa shape index (κ1) is 15.6. The van der Waals surface area contributed by atoms with Crippen LogP contribution in [0, 0.1) is 23.7 Å². The third kappa shape index (κ3) is 2.34. The van der Waals surface area contributed by atoms with Gasteiger partial charge in [0.15, 0.2) is 6.10 Å². The van der Waals surface area contributed by atoms with Crippen molar-refractivity contribution in [2.24, 2.45) is 23.7 Å². The Morgan fingerprint density at radius 2 is 2.00 bits per heavy atom. The Labute approximate surface area is 144 Å². The number of alkyl halides is 1. The number of carbonyl (C=O) groups is 3. The highest BCUT2D eigenvalue weighted by molar-refractivity contribution is 6.21. The SMILES string of the molecule is O=C(O[C@H](CCl)C(=O)c1ccccc1)[C@H]1[C@@H]2C[C@H]3[C@@H]1C(=O)O[C@@H]3C2. The summed E-state index contributed by atoms with van der Waals surface area (Å²) in [6, 6.07) is 8.60. The summed E-state index contributed by atoms with van der Waals surface area (Å²) in [6.07, 6.45) is 0.462. The van der Waals surface area contributed by atoms with E-state index in [0.717, 1.165) is 6.42 Å². The summed E-state index contributed by atoms with van der Waals surface area (Å²) in [5, 5.41) is 0. The van der Waals surface area contributed by atoms with Crippen LogP contribution in [0.4, 0.5) is 0 Å². The number of ether oxygens (including phenoxy) is 2. The van der Waals surface area contributed by atoms with E-state index in [1.807, 2.05) is 0 Å². The van der Waals surface area contributed by atoms with Crippen molar-refractivity contribution >= 4 is 29.3 Å². The number of hydrogen-bond acceptors (Lipinski definition) is 5. The molecule has 1 aromatic carbocycles. The van der Waals surface area contributed by atoms with Crippen molar-refractivity contribution in [1.29, 1.82) is 0 Å². The second kappa shape index (κ2) is 5.88. The molecule has 6 atom stereocenters. The van der Waals surface area contributed by atoms with Crippen LogP contribution in [0.5, 0.6) is 0 Å². The molecule has 6 heteroatoms.